The fraction of sp³-hybridized carbons (Fsp3) is 0.932. The molecular formula is C44H86NO12P. The molecule has 0 aromatic heterocycles. The molecule has 0 spiro atoms. The molecule has 8 atom stereocenters. The zero-order valence-electron chi connectivity index (χ0n) is 36.2. The molecular weight excluding hydrogens is 765 g/mol. The number of rotatable bonds is 38. The molecule has 58 heavy (non-hydrogen) atoms. The van der Waals surface area contributed by atoms with E-state index in [0.29, 0.717) is 12.8 Å². The Labute approximate surface area is 351 Å². The topological polar surface area (TPSA) is 226 Å². The molecule has 13 nitrogen and oxygen atoms in total. The van der Waals surface area contributed by atoms with E-state index in [1.54, 1.807) is 0 Å². The number of phosphoric acid groups is 1. The van der Waals surface area contributed by atoms with Crippen LogP contribution in [-0.2, 0) is 18.4 Å². The summed E-state index contributed by atoms with van der Waals surface area (Å²) in [4.78, 5) is 23.4. The summed E-state index contributed by atoms with van der Waals surface area (Å²) in [6.07, 6.45) is 21.1. The second-order valence-electron chi connectivity index (χ2n) is 16.8. The van der Waals surface area contributed by atoms with Gasteiger partial charge in [-0.1, -0.05) is 167 Å². The lowest BCUT2D eigenvalue weighted by Gasteiger charge is -2.41. The van der Waals surface area contributed by atoms with E-state index in [9.17, 15) is 50.0 Å². The van der Waals surface area contributed by atoms with Crippen LogP contribution < -0.4 is 5.32 Å². The van der Waals surface area contributed by atoms with Crippen LogP contribution in [0.2, 0.25) is 0 Å². The first-order chi connectivity index (χ1) is 27.8. The van der Waals surface area contributed by atoms with Crippen molar-refractivity contribution in [1.29, 1.82) is 0 Å². The molecule has 8 unspecified atom stereocenters. The molecule has 1 aliphatic carbocycles. The summed E-state index contributed by atoms with van der Waals surface area (Å²) < 4.78 is 22.9. The maximum absolute atomic E-state index is 13.0. The number of hydrogen-bond acceptors (Lipinski definition) is 11. The number of amides is 1. The van der Waals surface area contributed by atoms with Gasteiger partial charge in [0, 0.05) is 0 Å². The van der Waals surface area contributed by atoms with Crippen molar-refractivity contribution in [3.05, 3.63) is 12.2 Å². The van der Waals surface area contributed by atoms with Crippen molar-refractivity contribution >= 4 is 13.7 Å². The standard InChI is InChI=1S/C44H86NO12P/c1-3-5-7-9-11-13-15-17-18-20-22-24-26-28-30-32-37(47)36(34-56-58(54,55)57-44-42(52)40(50)39(49)41(51)43(44)53)45-38(48)33-35(46)31-29-27-25-23-21-19-16-14-12-10-8-6-4-2/h14,16,35-37,39-44,46-47,49-53H,3-13,15,17-34H2,1-2H3,(H,45,48)(H,54,55)/b16-14-. The highest BCUT2D eigenvalue weighted by Gasteiger charge is 2.51. The largest absolute Gasteiger partial charge is 0.472 e. The molecule has 0 aromatic carbocycles. The third-order valence-corrected chi connectivity index (χ3v) is 12.4. The molecule has 344 valence electrons. The predicted molar refractivity (Wildman–Crippen MR) is 229 cm³/mol. The zero-order chi connectivity index (χ0) is 43.0. The van der Waals surface area contributed by atoms with E-state index in [4.69, 9.17) is 9.05 Å². The Kier molecular flexibility index (Phi) is 32.9. The fourth-order valence-corrected chi connectivity index (χ4v) is 8.50. The Balaban J connectivity index is 2.54. The van der Waals surface area contributed by atoms with Crippen LogP contribution in [0.5, 0.6) is 0 Å². The minimum atomic E-state index is -5.11. The molecule has 1 saturated carbocycles. The number of phosphoric ester groups is 1. The number of nitrogens with one attached hydrogen (secondary N) is 1. The summed E-state index contributed by atoms with van der Waals surface area (Å²) in [5, 5.41) is 74.6. The molecule has 0 saturated heterocycles. The van der Waals surface area contributed by atoms with Gasteiger partial charge in [0.25, 0.3) is 0 Å². The summed E-state index contributed by atoms with van der Waals surface area (Å²) in [5.74, 6) is -0.565. The summed E-state index contributed by atoms with van der Waals surface area (Å²) in [7, 11) is -5.11. The number of aliphatic hydroxyl groups is 7. The average molecular weight is 852 g/mol. The second kappa shape index (κ2) is 34.6. The maximum atomic E-state index is 13.0. The highest BCUT2D eigenvalue weighted by Crippen LogP contribution is 2.47. The van der Waals surface area contributed by atoms with Crippen molar-refractivity contribution in [2.75, 3.05) is 6.61 Å². The molecule has 0 aromatic rings. The monoisotopic (exact) mass is 852 g/mol. The van der Waals surface area contributed by atoms with Crippen molar-refractivity contribution < 1.29 is 59.0 Å². The number of allylic oxidation sites excluding steroid dienone is 2. The van der Waals surface area contributed by atoms with Crippen molar-refractivity contribution in [3.63, 3.8) is 0 Å². The Morgan fingerprint density at radius 1 is 0.586 bits per heavy atom. The van der Waals surface area contributed by atoms with E-state index in [0.717, 1.165) is 70.6 Å². The van der Waals surface area contributed by atoms with Gasteiger partial charge in [0.1, 0.15) is 36.6 Å². The quantitative estimate of drug-likeness (QED) is 0.0168. The van der Waals surface area contributed by atoms with Crippen LogP contribution in [0.15, 0.2) is 12.2 Å². The van der Waals surface area contributed by atoms with Crippen molar-refractivity contribution in [1.82, 2.24) is 5.32 Å². The number of unbranched alkanes of at least 4 members (excludes halogenated alkanes) is 23. The third-order valence-electron chi connectivity index (χ3n) is 11.4. The predicted octanol–water partition coefficient (Wildman–Crippen LogP) is 7.42. The smallest absolute Gasteiger partial charge is 0.393 e. The minimum Gasteiger partial charge on any atom is -0.393 e. The van der Waals surface area contributed by atoms with Gasteiger partial charge in [0.15, 0.2) is 0 Å². The summed E-state index contributed by atoms with van der Waals surface area (Å²) in [6.45, 7) is 3.77. The van der Waals surface area contributed by atoms with E-state index in [-0.39, 0.29) is 12.8 Å². The molecule has 1 aliphatic rings. The molecule has 1 rings (SSSR count). The van der Waals surface area contributed by atoms with Gasteiger partial charge in [0.2, 0.25) is 5.91 Å². The highest BCUT2D eigenvalue weighted by molar-refractivity contribution is 7.47. The average Bonchev–Trinajstić information content (AvgIpc) is 3.19. The first-order valence-corrected chi connectivity index (χ1v) is 24.7. The Hall–Kier alpha value is -0.960. The minimum absolute atomic E-state index is 0.225. The lowest BCUT2D eigenvalue weighted by molar-refractivity contribution is -0.220. The number of carbonyl (C=O) groups excluding carboxylic acids is 1. The molecule has 9 N–H and O–H groups in total. The van der Waals surface area contributed by atoms with Gasteiger partial charge < -0.3 is 46.0 Å². The SMILES string of the molecule is CCCCCC/C=C\CCCCCCCC(O)CC(=O)NC(COP(=O)(O)OC1C(O)C(O)C(O)C(O)C1O)C(O)CCCCCCCCCCCCCCCCC. The Morgan fingerprint density at radius 2 is 0.966 bits per heavy atom. The molecule has 0 aliphatic heterocycles. The lowest BCUT2D eigenvalue weighted by atomic mass is 9.85. The zero-order valence-corrected chi connectivity index (χ0v) is 37.1. The first-order valence-electron chi connectivity index (χ1n) is 23.2. The van der Waals surface area contributed by atoms with Crippen LogP contribution in [0.4, 0.5) is 0 Å². The highest BCUT2D eigenvalue weighted by atomic mass is 31.2. The van der Waals surface area contributed by atoms with Gasteiger partial charge in [-0.3, -0.25) is 13.8 Å². The van der Waals surface area contributed by atoms with Gasteiger partial charge in [-0.05, 0) is 38.5 Å². The van der Waals surface area contributed by atoms with E-state index < -0.39 is 75.2 Å². The van der Waals surface area contributed by atoms with Gasteiger partial charge >= 0.3 is 7.82 Å². The Morgan fingerprint density at radius 3 is 1.43 bits per heavy atom. The van der Waals surface area contributed by atoms with Gasteiger partial charge in [0.05, 0.1) is 31.3 Å². The molecule has 1 amide bonds. The maximum Gasteiger partial charge on any atom is 0.472 e. The molecule has 14 heteroatoms. The normalized spacial score (nSPS) is 23.8. The van der Waals surface area contributed by atoms with Crippen LogP contribution in [-0.4, -0.2) is 108 Å². The van der Waals surface area contributed by atoms with Crippen LogP contribution in [0.25, 0.3) is 0 Å². The molecule has 0 radical (unpaired) electrons. The Bertz CT molecular complexity index is 1050. The van der Waals surface area contributed by atoms with E-state index in [1.807, 2.05) is 0 Å². The van der Waals surface area contributed by atoms with Crippen LogP contribution >= 0.6 is 7.82 Å². The van der Waals surface area contributed by atoms with Gasteiger partial charge in [-0.2, -0.15) is 0 Å². The lowest BCUT2D eigenvalue weighted by Crippen LogP contribution is -2.64. The van der Waals surface area contributed by atoms with Crippen molar-refractivity contribution in [2.45, 2.75) is 255 Å². The van der Waals surface area contributed by atoms with Crippen molar-refractivity contribution in [2.24, 2.45) is 0 Å². The summed E-state index contributed by atoms with van der Waals surface area (Å²) >= 11 is 0. The van der Waals surface area contributed by atoms with E-state index in [2.05, 4.69) is 31.3 Å². The fourth-order valence-electron chi connectivity index (χ4n) is 7.53. The van der Waals surface area contributed by atoms with Crippen LogP contribution in [0.1, 0.15) is 200 Å². The van der Waals surface area contributed by atoms with Crippen molar-refractivity contribution in [3.8, 4) is 0 Å². The third kappa shape index (κ3) is 26.4. The number of carbonyl (C=O) groups is 1. The molecule has 0 heterocycles. The molecule has 0 bridgehead atoms. The summed E-state index contributed by atoms with van der Waals surface area (Å²) in [5.41, 5.74) is 0. The van der Waals surface area contributed by atoms with Crippen LogP contribution in [0.3, 0.4) is 0 Å². The van der Waals surface area contributed by atoms with Gasteiger partial charge in [-0.15, -0.1) is 0 Å². The number of hydrogen-bond donors (Lipinski definition) is 9. The van der Waals surface area contributed by atoms with Gasteiger partial charge in [-0.25, -0.2) is 4.57 Å². The first kappa shape index (κ1) is 55.1. The van der Waals surface area contributed by atoms with E-state index >= 15 is 0 Å². The summed E-state index contributed by atoms with van der Waals surface area (Å²) in [6, 6.07) is -1.15. The van der Waals surface area contributed by atoms with Crippen LogP contribution in [0, 0.1) is 0 Å². The molecule has 1 fully saturated rings. The van der Waals surface area contributed by atoms with E-state index in [1.165, 1.54) is 89.9 Å². The number of aliphatic hydroxyl groups excluding tert-OH is 7. The second-order valence-corrected chi connectivity index (χ2v) is 18.2.